The Labute approximate surface area is 178 Å². The summed E-state index contributed by atoms with van der Waals surface area (Å²) in [5, 5.41) is 12.2. The molecule has 1 aliphatic heterocycles. The highest BCUT2D eigenvalue weighted by Crippen LogP contribution is 2.37. The summed E-state index contributed by atoms with van der Waals surface area (Å²) in [6.07, 6.45) is 4.87. The van der Waals surface area contributed by atoms with E-state index >= 15 is 0 Å². The molecular formula is C23H30N4O3. The summed E-state index contributed by atoms with van der Waals surface area (Å²) in [6, 6.07) is 10.2. The Morgan fingerprint density at radius 3 is 2.27 bits per heavy atom. The lowest BCUT2D eigenvalue weighted by atomic mass is 9.77. The van der Waals surface area contributed by atoms with Gasteiger partial charge in [-0.3, -0.25) is 9.59 Å². The van der Waals surface area contributed by atoms with Gasteiger partial charge in [-0.05, 0) is 49.9 Å². The van der Waals surface area contributed by atoms with Crippen LogP contribution in [-0.2, 0) is 9.59 Å². The van der Waals surface area contributed by atoms with Gasteiger partial charge in [-0.2, -0.15) is 5.26 Å². The van der Waals surface area contributed by atoms with E-state index in [4.69, 9.17) is 4.74 Å². The number of amides is 2. The second kappa shape index (κ2) is 8.55. The van der Waals surface area contributed by atoms with Crippen molar-refractivity contribution in [3.63, 3.8) is 0 Å². The zero-order valence-corrected chi connectivity index (χ0v) is 17.6. The Kier molecular flexibility index (Phi) is 5.85. The molecule has 4 rings (SSSR count). The number of benzene rings is 1. The minimum Gasteiger partial charge on any atom is -0.497 e. The average Bonchev–Trinajstić information content (AvgIpc) is 3.58. The first-order valence-corrected chi connectivity index (χ1v) is 11.0. The summed E-state index contributed by atoms with van der Waals surface area (Å²) < 4.78 is 5.22. The maximum atomic E-state index is 13.3. The highest BCUT2D eigenvalue weighted by atomic mass is 16.5. The minimum absolute atomic E-state index is 0.103. The Hall–Kier alpha value is -2.75. The molecule has 0 aromatic heterocycles. The number of methoxy groups -OCH3 is 1. The third-order valence-corrected chi connectivity index (χ3v) is 6.78. The Bertz CT molecular complexity index is 820. The molecule has 2 atom stereocenters. The van der Waals surface area contributed by atoms with E-state index < -0.39 is 5.54 Å². The molecule has 2 aliphatic carbocycles. The molecular weight excluding hydrogens is 380 g/mol. The van der Waals surface area contributed by atoms with Gasteiger partial charge >= 0.3 is 0 Å². The molecule has 7 nitrogen and oxygen atoms in total. The lowest BCUT2D eigenvalue weighted by molar-refractivity contribution is -0.144. The van der Waals surface area contributed by atoms with E-state index in [1.807, 2.05) is 29.2 Å². The first-order chi connectivity index (χ1) is 14.5. The van der Waals surface area contributed by atoms with Gasteiger partial charge in [0.2, 0.25) is 11.8 Å². The molecule has 0 bridgehead atoms. The molecule has 3 aliphatic rings. The number of carbonyl (C=O) groups excluding carboxylic acids is 2. The van der Waals surface area contributed by atoms with E-state index in [1.54, 1.807) is 7.11 Å². The Morgan fingerprint density at radius 2 is 1.70 bits per heavy atom. The van der Waals surface area contributed by atoms with Gasteiger partial charge in [-0.1, -0.05) is 12.8 Å². The Balaban J connectivity index is 1.36. The fraction of sp³-hybridized carbons (Fsp3) is 0.609. The summed E-state index contributed by atoms with van der Waals surface area (Å²) in [4.78, 5) is 30.3. The second-order valence-corrected chi connectivity index (χ2v) is 8.69. The zero-order chi connectivity index (χ0) is 21.1. The van der Waals surface area contributed by atoms with E-state index in [0.29, 0.717) is 25.9 Å². The van der Waals surface area contributed by atoms with Crippen LogP contribution in [0.4, 0.5) is 5.69 Å². The summed E-state index contributed by atoms with van der Waals surface area (Å²) in [7, 11) is 1.66. The number of nitrogens with zero attached hydrogens (tertiary/aromatic N) is 3. The number of rotatable bonds is 5. The molecule has 2 saturated carbocycles. The van der Waals surface area contributed by atoms with Crippen molar-refractivity contribution >= 4 is 17.5 Å². The summed E-state index contributed by atoms with van der Waals surface area (Å²) in [5.74, 6) is 0.256. The maximum Gasteiger partial charge on any atom is 0.226 e. The van der Waals surface area contributed by atoms with Gasteiger partial charge in [-0.15, -0.1) is 0 Å². The molecule has 30 heavy (non-hydrogen) atoms. The van der Waals surface area contributed by atoms with Gasteiger partial charge in [-0.25, -0.2) is 0 Å². The number of nitriles is 1. The lowest BCUT2D eigenvalue weighted by Gasteiger charge is -2.39. The van der Waals surface area contributed by atoms with E-state index in [2.05, 4.69) is 16.3 Å². The van der Waals surface area contributed by atoms with Crippen molar-refractivity contribution in [2.24, 2.45) is 11.8 Å². The Morgan fingerprint density at radius 1 is 1.07 bits per heavy atom. The summed E-state index contributed by atoms with van der Waals surface area (Å²) >= 11 is 0. The first kappa shape index (κ1) is 20.5. The van der Waals surface area contributed by atoms with Crippen LogP contribution >= 0.6 is 0 Å². The van der Waals surface area contributed by atoms with Gasteiger partial charge in [0.25, 0.3) is 0 Å². The van der Waals surface area contributed by atoms with Gasteiger partial charge in [0, 0.05) is 43.7 Å². The van der Waals surface area contributed by atoms with Crippen LogP contribution in [0.15, 0.2) is 24.3 Å². The molecule has 1 heterocycles. The highest BCUT2D eigenvalue weighted by Gasteiger charge is 2.47. The van der Waals surface area contributed by atoms with Gasteiger partial charge in [0.05, 0.1) is 13.2 Å². The van der Waals surface area contributed by atoms with Crippen LogP contribution in [0.2, 0.25) is 0 Å². The van der Waals surface area contributed by atoms with Crippen LogP contribution in [0.5, 0.6) is 5.75 Å². The SMILES string of the molecule is COc1ccc(N2CCN(C(=O)[C@@H]3CCCC[C@H]3C(=O)NC3(C#N)CC3)CC2)cc1. The smallest absolute Gasteiger partial charge is 0.226 e. The van der Waals surface area contributed by atoms with Crippen molar-refractivity contribution < 1.29 is 14.3 Å². The quantitative estimate of drug-likeness (QED) is 0.805. The number of hydrogen-bond acceptors (Lipinski definition) is 5. The largest absolute Gasteiger partial charge is 0.497 e. The molecule has 160 valence electrons. The number of anilines is 1. The van der Waals surface area contributed by atoms with E-state index in [0.717, 1.165) is 50.2 Å². The fourth-order valence-corrected chi connectivity index (χ4v) is 4.67. The van der Waals surface area contributed by atoms with E-state index in [9.17, 15) is 14.9 Å². The highest BCUT2D eigenvalue weighted by molar-refractivity contribution is 5.88. The van der Waals surface area contributed by atoms with Crippen molar-refractivity contribution in [1.82, 2.24) is 10.2 Å². The number of carbonyl (C=O) groups is 2. The van der Waals surface area contributed by atoms with Gasteiger partial charge in [0.15, 0.2) is 0 Å². The lowest BCUT2D eigenvalue weighted by Crippen LogP contribution is -2.53. The van der Waals surface area contributed by atoms with Crippen LogP contribution < -0.4 is 15.0 Å². The monoisotopic (exact) mass is 410 g/mol. The van der Waals surface area contributed by atoms with Crippen molar-refractivity contribution in [2.75, 3.05) is 38.2 Å². The third-order valence-electron chi connectivity index (χ3n) is 6.78. The topological polar surface area (TPSA) is 85.7 Å². The van der Waals surface area contributed by atoms with Crippen LogP contribution in [-0.4, -0.2) is 55.5 Å². The summed E-state index contributed by atoms with van der Waals surface area (Å²) in [6.45, 7) is 2.88. The minimum atomic E-state index is -0.674. The number of hydrogen-bond donors (Lipinski definition) is 1. The fourth-order valence-electron chi connectivity index (χ4n) is 4.67. The first-order valence-electron chi connectivity index (χ1n) is 11.0. The molecule has 1 aromatic rings. The summed E-state index contributed by atoms with van der Waals surface area (Å²) in [5.41, 5.74) is 0.454. The normalized spacial score (nSPS) is 25.2. The van der Waals surface area contributed by atoms with Crippen LogP contribution in [0.1, 0.15) is 38.5 Å². The molecule has 7 heteroatoms. The average molecular weight is 411 g/mol. The van der Waals surface area contributed by atoms with Crippen molar-refractivity contribution in [2.45, 2.75) is 44.1 Å². The van der Waals surface area contributed by atoms with E-state index in [-0.39, 0.29) is 23.7 Å². The van der Waals surface area contributed by atoms with Crippen molar-refractivity contribution in [3.8, 4) is 11.8 Å². The molecule has 1 N–H and O–H groups in total. The molecule has 0 radical (unpaired) electrons. The van der Waals surface area contributed by atoms with Crippen LogP contribution in [0.3, 0.4) is 0 Å². The maximum absolute atomic E-state index is 13.3. The van der Waals surface area contributed by atoms with Gasteiger partial charge < -0.3 is 19.9 Å². The molecule has 3 fully saturated rings. The van der Waals surface area contributed by atoms with Crippen molar-refractivity contribution in [1.29, 1.82) is 5.26 Å². The van der Waals surface area contributed by atoms with Gasteiger partial charge in [0.1, 0.15) is 11.3 Å². The molecule has 0 unspecified atom stereocenters. The van der Waals surface area contributed by atoms with Crippen molar-refractivity contribution in [3.05, 3.63) is 24.3 Å². The standard InChI is InChI=1S/C23H30N4O3/c1-30-18-8-6-17(7-9-18)26-12-14-27(15-13-26)22(29)20-5-3-2-4-19(20)21(28)25-23(16-24)10-11-23/h6-9,19-20H,2-5,10-15H2,1H3,(H,25,28)/t19-,20-/m1/s1. The zero-order valence-electron chi connectivity index (χ0n) is 17.6. The van der Waals surface area contributed by atoms with Crippen LogP contribution in [0, 0.1) is 23.2 Å². The third kappa shape index (κ3) is 4.23. The number of piperazine rings is 1. The molecule has 2 amide bonds. The van der Waals surface area contributed by atoms with E-state index in [1.165, 1.54) is 0 Å². The molecule has 1 aromatic carbocycles. The predicted octanol–water partition coefficient (Wildman–Crippen LogP) is 2.32. The molecule has 0 spiro atoms. The predicted molar refractivity (Wildman–Crippen MR) is 113 cm³/mol. The number of nitrogens with one attached hydrogen (secondary N) is 1. The second-order valence-electron chi connectivity index (χ2n) is 8.69. The molecule has 1 saturated heterocycles. The van der Waals surface area contributed by atoms with Crippen LogP contribution in [0.25, 0.3) is 0 Å². The number of ether oxygens (including phenoxy) is 1.